The van der Waals surface area contributed by atoms with Crippen molar-refractivity contribution in [3.8, 4) is 0 Å². The van der Waals surface area contributed by atoms with Crippen molar-refractivity contribution < 1.29 is 19.2 Å². The Hall–Kier alpha value is -1.26. The zero-order valence-electron chi connectivity index (χ0n) is 10.5. The van der Waals surface area contributed by atoms with Gasteiger partial charge in [-0.05, 0) is 28.7 Å². The molecular formula is C12H13IN2O5. The number of halogens is 1. The van der Waals surface area contributed by atoms with E-state index in [0.29, 0.717) is 29.9 Å². The maximum absolute atomic E-state index is 12.0. The molecule has 8 heteroatoms. The van der Waals surface area contributed by atoms with Crippen molar-refractivity contribution in [1.82, 2.24) is 5.32 Å². The normalized spacial score (nSPS) is 18.6. The molecule has 1 aromatic rings. The number of hydrogen-bond donors (Lipinski definition) is 1. The number of hydrogen-bond acceptors (Lipinski definition) is 5. The number of nitrogens with zero attached hydrogens (tertiary/aromatic N) is 1. The van der Waals surface area contributed by atoms with Crippen LogP contribution in [0.5, 0.6) is 0 Å². The van der Waals surface area contributed by atoms with Gasteiger partial charge in [0.15, 0.2) is 0 Å². The van der Waals surface area contributed by atoms with Gasteiger partial charge >= 0.3 is 0 Å². The van der Waals surface area contributed by atoms with E-state index in [1.54, 1.807) is 6.07 Å². The van der Waals surface area contributed by atoms with E-state index in [0.717, 1.165) is 0 Å². The topological polar surface area (TPSA) is 90.7 Å². The van der Waals surface area contributed by atoms with Crippen molar-refractivity contribution in [3.05, 3.63) is 37.4 Å². The van der Waals surface area contributed by atoms with Crippen LogP contribution < -0.4 is 5.32 Å². The molecule has 1 fully saturated rings. The van der Waals surface area contributed by atoms with E-state index < -0.39 is 4.92 Å². The number of nitrogens with one attached hydrogen (secondary N) is 1. The third-order valence-corrected chi connectivity index (χ3v) is 3.72. The number of non-ortho nitro benzene ring substituents is 1. The standard InChI is InChI=1S/C12H13IN2O5/c13-11-2-1-8(15(17)18)5-10(11)12(16)14-6-9-7-19-3-4-20-9/h1-2,5,9H,3-4,6-7H2,(H,14,16). The van der Waals surface area contributed by atoms with Crippen LogP contribution in [-0.4, -0.2) is 43.3 Å². The zero-order chi connectivity index (χ0) is 14.5. The number of nitro groups is 1. The molecule has 0 spiro atoms. The molecule has 1 heterocycles. The molecule has 1 aromatic carbocycles. The average molecular weight is 392 g/mol. The van der Waals surface area contributed by atoms with Gasteiger partial charge in [-0.15, -0.1) is 0 Å². The lowest BCUT2D eigenvalue weighted by Crippen LogP contribution is -2.39. The first-order chi connectivity index (χ1) is 9.58. The van der Waals surface area contributed by atoms with Gasteiger partial charge in [0.05, 0.1) is 36.4 Å². The Kier molecular flexibility index (Phi) is 5.26. The maximum Gasteiger partial charge on any atom is 0.270 e. The van der Waals surface area contributed by atoms with Gasteiger partial charge in [0.2, 0.25) is 0 Å². The molecule has 0 aromatic heterocycles. The Labute approximate surface area is 128 Å². The lowest BCUT2D eigenvalue weighted by atomic mass is 10.2. The lowest BCUT2D eigenvalue weighted by molar-refractivity contribution is -0.384. The summed E-state index contributed by atoms with van der Waals surface area (Å²) in [5.41, 5.74) is 0.185. The molecule has 1 amide bonds. The zero-order valence-corrected chi connectivity index (χ0v) is 12.7. The van der Waals surface area contributed by atoms with Gasteiger partial charge in [-0.1, -0.05) is 0 Å². The largest absolute Gasteiger partial charge is 0.376 e. The molecule has 1 saturated heterocycles. The van der Waals surface area contributed by atoms with E-state index >= 15 is 0 Å². The number of carbonyl (C=O) groups excluding carboxylic acids is 1. The van der Waals surface area contributed by atoms with Gasteiger partial charge in [0, 0.05) is 22.2 Å². The first kappa shape index (κ1) is 15.1. The highest BCUT2D eigenvalue weighted by Gasteiger charge is 2.18. The number of carbonyl (C=O) groups is 1. The molecule has 7 nitrogen and oxygen atoms in total. The highest BCUT2D eigenvalue weighted by Crippen LogP contribution is 2.19. The van der Waals surface area contributed by atoms with Gasteiger partial charge in [0.25, 0.3) is 11.6 Å². The SMILES string of the molecule is O=C(NCC1COCCO1)c1cc([N+](=O)[O-])ccc1I. The van der Waals surface area contributed by atoms with Crippen LogP contribution in [0.2, 0.25) is 0 Å². The molecule has 0 aliphatic carbocycles. The van der Waals surface area contributed by atoms with E-state index in [4.69, 9.17) is 9.47 Å². The van der Waals surface area contributed by atoms with Crippen LogP contribution in [0, 0.1) is 13.7 Å². The fourth-order valence-electron chi connectivity index (χ4n) is 1.76. The monoisotopic (exact) mass is 392 g/mol. The van der Waals surface area contributed by atoms with Crippen LogP contribution in [0.1, 0.15) is 10.4 Å². The van der Waals surface area contributed by atoms with Gasteiger partial charge in [0.1, 0.15) is 0 Å². The predicted molar refractivity (Wildman–Crippen MR) is 78.7 cm³/mol. The smallest absolute Gasteiger partial charge is 0.270 e. The van der Waals surface area contributed by atoms with Crippen molar-refractivity contribution in [2.45, 2.75) is 6.10 Å². The Bertz CT molecular complexity index is 517. The highest BCUT2D eigenvalue weighted by molar-refractivity contribution is 14.1. The summed E-state index contributed by atoms with van der Waals surface area (Å²) in [7, 11) is 0. The molecule has 0 saturated carbocycles. The minimum Gasteiger partial charge on any atom is -0.376 e. The fourth-order valence-corrected chi connectivity index (χ4v) is 2.34. The average Bonchev–Trinajstić information content (AvgIpc) is 2.46. The van der Waals surface area contributed by atoms with Gasteiger partial charge in [-0.25, -0.2) is 0 Å². The molecule has 20 heavy (non-hydrogen) atoms. The Morgan fingerprint density at radius 2 is 2.30 bits per heavy atom. The third kappa shape index (κ3) is 3.87. The molecular weight excluding hydrogens is 379 g/mol. The summed E-state index contributed by atoms with van der Waals surface area (Å²) in [5.74, 6) is -0.354. The van der Waals surface area contributed by atoms with Crippen LogP contribution in [0.25, 0.3) is 0 Å². The van der Waals surface area contributed by atoms with E-state index in [-0.39, 0.29) is 23.3 Å². The van der Waals surface area contributed by atoms with Crippen molar-refractivity contribution in [3.63, 3.8) is 0 Å². The first-order valence-electron chi connectivity index (χ1n) is 5.99. The van der Waals surface area contributed by atoms with Crippen LogP contribution in [0.3, 0.4) is 0 Å². The second-order valence-corrected chi connectivity index (χ2v) is 5.36. The second kappa shape index (κ2) is 6.95. The van der Waals surface area contributed by atoms with Crippen molar-refractivity contribution in [2.75, 3.05) is 26.4 Å². The lowest BCUT2D eigenvalue weighted by Gasteiger charge is -2.23. The maximum atomic E-state index is 12.0. The summed E-state index contributed by atoms with van der Waals surface area (Å²) in [5, 5.41) is 13.4. The second-order valence-electron chi connectivity index (χ2n) is 4.20. The Balaban J connectivity index is 2.00. The number of nitro benzene ring substituents is 1. The van der Waals surface area contributed by atoms with Crippen LogP contribution >= 0.6 is 22.6 Å². The third-order valence-electron chi connectivity index (χ3n) is 2.78. The fraction of sp³-hybridized carbons (Fsp3) is 0.417. The number of amides is 1. The summed E-state index contributed by atoms with van der Waals surface area (Å²) in [4.78, 5) is 22.3. The Morgan fingerprint density at radius 3 is 2.95 bits per heavy atom. The van der Waals surface area contributed by atoms with E-state index in [9.17, 15) is 14.9 Å². The molecule has 108 valence electrons. The summed E-state index contributed by atoms with van der Waals surface area (Å²) in [6.45, 7) is 1.83. The van der Waals surface area contributed by atoms with Crippen molar-refractivity contribution in [2.24, 2.45) is 0 Å². The summed E-state index contributed by atoms with van der Waals surface area (Å²) in [6.07, 6.45) is -0.177. The predicted octanol–water partition coefficient (Wildman–Crippen LogP) is 1.34. The van der Waals surface area contributed by atoms with E-state index in [1.165, 1.54) is 12.1 Å². The molecule has 1 aliphatic rings. The van der Waals surface area contributed by atoms with Crippen molar-refractivity contribution >= 4 is 34.2 Å². The molecule has 1 atom stereocenters. The molecule has 1 N–H and O–H groups in total. The molecule has 1 unspecified atom stereocenters. The summed E-state index contributed by atoms with van der Waals surface area (Å²) >= 11 is 1.97. The molecule has 0 bridgehead atoms. The molecule has 0 radical (unpaired) electrons. The first-order valence-corrected chi connectivity index (χ1v) is 7.07. The van der Waals surface area contributed by atoms with Crippen LogP contribution in [-0.2, 0) is 9.47 Å². The van der Waals surface area contributed by atoms with Crippen LogP contribution in [0.4, 0.5) is 5.69 Å². The van der Waals surface area contributed by atoms with E-state index in [1.807, 2.05) is 22.6 Å². The molecule has 1 aliphatic heterocycles. The number of benzene rings is 1. The molecule has 2 rings (SSSR count). The Morgan fingerprint density at radius 1 is 1.50 bits per heavy atom. The highest BCUT2D eigenvalue weighted by atomic mass is 127. The van der Waals surface area contributed by atoms with E-state index in [2.05, 4.69) is 5.32 Å². The van der Waals surface area contributed by atoms with Crippen molar-refractivity contribution in [1.29, 1.82) is 0 Å². The summed E-state index contributed by atoms with van der Waals surface area (Å²) in [6, 6.07) is 4.19. The van der Waals surface area contributed by atoms with Gasteiger partial charge in [-0.3, -0.25) is 14.9 Å². The minimum absolute atomic E-state index is 0.104. The van der Waals surface area contributed by atoms with Gasteiger partial charge < -0.3 is 14.8 Å². The van der Waals surface area contributed by atoms with Crippen LogP contribution in [0.15, 0.2) is 18.2 Å². The number of ether oxygens (including phenoxy) is 2. The van der Waals surface area contributed by atoms with Gasteiger partial charge in [-0.2, -0.15) is 0 Å². The quantitative estimate of drug-likeness (QED) is 0.475. The summed E-state index contributed by atoms with van der Waals surface area (Å²) < 4.78 is 11.3. The minimum atomic E-state index is -0.523. The number of rotatable bonds is 4.